The van der Waals surface area contributed by atoms with E-state index in [0.29, 0.717) is 0 Å². The number of nitrogens with zero attached hydrogens (tertiary/aromatic N) is 1. The molecule has 0 amide bonds. The van der Waals surface area contributed by atoms with E-state index in [4.69, 9.17) is 4.98 Å². The van der Waals surface area contributed by atoms with Crippen LogP contribution in [-0.4, -0.2) is 13.1 Å². The average molecular weight is 303 g/mol. The zero-order valence-corrected chi connectivity index (χ0v) is 14.4. The summed E-state index contributed by atoms with van der Waals surface area (Å²) in [5.41, 5.74) is 4.56. The first-order valence-electron chi connectivity index (χ1n) is 7.68. The lowest BCUT2D eigenvalue weighted by Gasteiger charge is -2.21. The second-order valence-electron chi connectivity index (χ2n) is 6.57. The standard InChI is InChI=1S/C20H21NSi/c1-22(2,3)19-15-14-18(16-10-6-4-7-11-16)21-20(19)17-12-8-5-9-13-17/h4-15H,1-3H3. The first-order chi connectivity index (χ1) is 10.6. The summed E-state index contributed by atoms with van der Waals surface area (Å²) in [6.45, 7) is 7.12. The Morgan fingerprint density at radius 3 is 1.73 bits per heavy atom. The van der Waals surface area contributed by atoms with Gasteiger partial charge in [0, 0.05) is 11.1 Å². The van der Waals surface area contributed by atoms with Crippen LogP contribution in [0, 0.1) is 0 Å². The van der Waals surface area contributed by atoms with Crippen molar-refractivity contribution in [3.63, 3.8) is 0 Å². The van der Waals surface area contributed by atoms with Crippen LogP contribution < -0.4 is 5.19 Å². The molecule has 110 valence electrons. The number of hydrogen-bond acceptors (Lipinski definition) is 1. The van der Waals surface area contributed by atoms with Crippen LogP contribution in [0.4, 0.5) is 0 Å². The molecule has 1 nitrogen and oxygen atoms in total. The van der Waals surface area contributed by atoms with Crippen molar-refractivity contribution in [2.45, 2.75) is 19.6 Å². The lowest BCUT2D eigenvalue weighted by Crippen LogP contribution is -2.39. The van der Waals surface area contributed by atoms with E-state index in [2.05, 4.69) is 86.4 Å². The highest BCUT2D eigenvalue weighted by atomic mass is 28.3. The molecule has 0 aliphatic heterocycles. The van der Waals surface area contributed by atoms with Gasteiger partial charge in [0.15, 0.2) is 0 Å². The minimum atomic E-state index is -1.45. The minimum Gasteiger partial charge on any atom is -0.248 e. The highest BCUT2D eigenvalue weighted by molar-refractivity contribution is 6.89. The van der Waals surface area contributed by atoms with Crippen molar-refractivity contribution < 1.29 is 0 Å². The van der Waals surface area contributed by atoms with E-state index in [1.807, 2.05) is 6.07 Å². The van der Waals surface area contributed by atoms with E-state index in [1.165, 1.54) is 16.3 Å². The predicted octanol–water partition coefficient (Wildman–Crippen LogP) is 4.96. The van der Waals surface area contributed by atoms with E-state index in [-0.39, 0.29) is 0 Å². The highest BCUT2D eigenvalue weighted by Gasteiger charge is 2.22. The minimum absolute atomic E-state index is 1.04. The molecule has 0 bridgehead atoms. The quantitative estimate of drug-likeness (QED) is 0.623. The third-order valence-electron chi connectivity index (χ3n) is 3.82. The van der Waals surface area contributed by atoms with Gasteiger partial charge < -0.3 is 0 Å². The van der Waals surface area contributed by atoms with Crippen LogP contribution in [0.25, 0.3) is 22.5 Å². The summed E-state index contributed by atoms with van der Waals surface area (Å²) in [7, 11) is -1.45. The maximum Gasteiger partial charge on any atom is 0.0804 e. The molecule has 0 aliphatic carbocycles. The smallest absolute Gasteiger partial charge is 0.0804 e. The molecule has 2 aromatic carbocycles. The Morgan fingerprint density at radius 1 is 0.636 bits per heavy atom. The van der Waals surface area contributed by atoms with E-state index >= 15 is 0 Å². The number of aromatic nitrogens is 1. The van der Waals surface area contributed by atoms with E-state index in [9.17, 15) is 0 Å². The Bertz CT molecular complexity index is 759. The van der Waals surface area contributed by atoms with Gasteiger partial charge in [-0.1, -0.05) is 86.4 Å². The van der Waals surface area contributed by atoms with Crippen LogP contribution in [0.1, 0.15) is 0 Å². The molecule has 22 heavy (non-hydrogen) atoms. The molecule has 0 radical (unpaired) electrons. The Morgan fingerprint density at radius 2 is 1.18 bits per heavy atom. The normalized spacial score (nSPS) is 11.4. The Hall–Kier alpha value is -2.19. The molecule has 1 aromatic heterocycles. The summed E-state index contributed by atoms with van der Waals surface area (Å²) < 4.78 is 0. The van der Waals surface area contributed by atoms with Crippen molar-refractivity contribution in [3.05, 3.63) is 72.8 Å². The van der Waals surface area contributed by atoms with Gasteiger partial charge in [-0.3, -0.25) is 0 Å². The molecule has 0 unspecified atom stereocenters. The van der Waals surface area contributed by atoms with Crippen LogP contribution in [0.2, 0.25) is 19.6 Å². The van der Waals surface area contributed by atoms with E-state index in [1.54, 1.807) is 0 Å². The molecule has 1 heterocycles. The lowest BCUT2D eigenvalue weighted by atomic mass is 10.1. The third-order valence-corrected chi connectivity index (χ3v) is 5.84. The van der Waals surface area contributed by atoms with Crippen LogP contribution in [-0.2, 0) is 0 Å². The van der Waals surface area contributed by atoms with Gasteiger partial charge in [0.25, 0.3) is 0 Å². The van der Waals surface area contributed by atoms with Crippen LogP contribution >= 0.6 is 0 Å². The van der Waals surface area contributed by atoms with Gasteiger partial charge in [-0.25, -0.2) is 4.98 Å². The monoisotopic (exact) mass is 303 g/mol. The molecular formula is C20H21NSi. The van der Waals surface area contributed by atoms with Crippen molar-refractivity contribution in [1.82, 2.24) is 4.98 Å². The molecule has 0 fully saturated rings. The molecule has 0 aliphatic rings. The first-order valence-corrected chi connectivity index (χ1v) is 11.2. The van der Waals surface area contributed by atoms with Crippen LogP contribution in [0.3, 0.4) is 0 Å². The summed E-state index contributed by atoms with van der Waals surface area (Å²) in [4.78, 5) is 5.01. The molecule has 3 aromatic rings. The largest absolute Gasteiger partial charge is 0.248 e. The molecule has 3 rings (SSSR count). The zero-order valence-electron chi connectivity index (χ0n) is 13.4. The summed E-state index contributed by atoms with van der Waals surface area (Å²) in [5, 5.41) is 1.42. The van der Waals surface area contributed by atoms with Crippen molar-refractivity contribution in [3.8, 4) is 22.5 Å². The second-order valence-corrected chi connectivity index (χ2v) is 11.6. The van der Waals surface area contributed by atoms with Gasteiger partial charge in [-0.2, -0.15) is 0 Å². The maximum absolute atomic E-state index is 5.01. The van der Waals surface area contributed by atoms with Gasteiger partial charge in [-0.05, 0) is 11.3 Å². The number of rotatable bonds is 3. The summed E-state index contributed by atoms with van der Waals surface area (Å²) in [6.07, 6.45) is 0. The fraction of sp³-hybridized carbons (Fsp3) is 0.150. The van der Waals surface area contributed by atoms with Gasteiger partial charge >= 0.3 is 0 Å². The van der Waals surface area contributed by atoms with Gasteiger partial charge in [0.1, 0.15) is 0 Å². The lowest BCUT2D eigenvalue weighted by molar-refractivity contribution is 1.33. The Balaban J connectivity index is 2.20. The first kappa shape index (κ1) is 14.7. The average Bonchev–Trinajstić information content (AvgIpc) is 2.55. The number of benzene rings is 2. The topological polar surface area (TPSA) is 12.9 Å². The Kier molecular flexibility index (Phi) is 3.95. The highest BCUT2D eigenvalue weighted by Crippen LogP contribution is 2.23. The summed E-state index contributed by atoms with van der Waals surface area (Å²) in [6, 6.07) is 25.4. The van der Waals surface area contributed by atoms with Crippen molar-refractivity contribution in [2.24, 2.45) is 0 Å². The fourth-order valence-electron chi connectivity index (χ4n) is 2.65. The molecule has 0 saturated heterocycles. The van der Waals surface area contributed by atoms with Gasteiger partial charge in [0.2, 0.25) is 0 Å². The number of pyridine rings is 1. The fourth-order valence-corrected chi connectivity index (χ4v) is 4.14. The molecule has 0 atom stereocenters. The van der Waals surface area contributed by atoms with E-state index in [0.717, 1.165) is 11.4 Å². The van der Waals surface area contributed by atoms with Gasteiger partial charge in [0.05, 0.1) is 19.5 Å². The van der Waals surface area contributed by atoms with Crippen molar-refractivity contribution in [2.75, 3.05) is 0 Å². The second kappa shape index (κ2) is 5.89. The Labute approximate surface area is 133 Å². The van der Waals surface area contributed by atoms with Gasteiger partial charge in [-0.15, -0.1) is 0 Å². The zero-order chi connectivity index (χ0) is 15.6. The molecule has 0 spiro atoms. The molecular weight excluding hydrogens is 282 g/mol. The SMILES string of the molecule is C[Si](C)(C)c1ccc(-c2ccccc2)nc1-c1ccccc1. The number of hydrogen-bond donors (Lipinski definition) is 0. The van der Waals surface area contributed by atoms with Crippen LogP contribution in [0.5, 0.6) is 0 Å². The van der Waals surface area contributed by atoms with Crippen molar-refractivity contribution >= 4 is 13.3 Å². The van der Waals surface area contributed by atoms with E-state index < -0.39 is 8.07 Å². The summed E-state index contributed by atoms with van der Waals surface area (Å²) >= 11 is 0. The molecule has 0 saturated carbocycles. The molecule has 0 N–H and O–H groups in total. The summed E-state index contributed by atoms with van der Waals surface area (Å²) in [5.74, 6) is 0. The predicted molar refractivity (Wildman–Crippen MR) is 98.1 cm³/mol. The van der Waals surface area contributed by atoms with Crippen LogP contribution in [0.15, 0.2) is 72.8 Å². The third kappa shape index (κ3) is 3.02. The molecule has 2 heteroatoms. The maximum atomic E-state index is 5.01. The van der Waals surface area contributed by atoms with Crippen molar-refractivity contribution in [1.29, 1.82) is 0 Å².